The van der Waals surface area contributed by atoms with E-state index in [9.17, 15) is 32.4 Å². The molecule has 2 saturated heterocycles. The Balaban J connectivity index is 1.32. The molecule has 0 bridgehead atoms. The van der Waals surface area contributed by atoms with Crippen LogP contribution in [-0.2, 0) is 14.9 Å². The van der Waals surface area contributed by atoms with Crippen molar-refractivity contribution in [1.29, 1.82) is 5.26 Å². The molecule has 12 heteroatoms. The number of rotatable bonds is 8. The maximum absolute atomic E-state index is 14.4. The van der Waals surface area contributed by atoms with Crippen molar-refractivity contribution in [2.45, 2.75) is 36.8 Å². The number of amides is 3. The number of carbonyl (C=O) groups is 2. The van der Waals surface area contributed by atoms with Crippen LogP contribution >= 0.6 is 0 Å². The Hall–Kier alpha value is -3.69. The minimum atomic E-state index is -1.12. The number of halogens is 4. The number of likely N-dealkylation sites (tertiary alicyclic amines) is 1. The molecule has 2 heterocycles. The highest BCUT2D eigenvalue weighted by atomic mass is 19.2. The third kappa shape index (κ3) is 5.99. The van der Waals surface area contributed by atoms with E-state index in [0.29, 0.717) is 38.9 Å². The third-order valence-electron chi connectivity index (χ3n) is 7.21. The van der Waals surface area contributed by atoms with Crippen LogP contribution in [0.2, 0.25) is 0 Å². The molecule has 0 spiro atoms. The van der Waals surface area contributed by atoms with Crippen molar-refractivity contribution in [3.63, 3.8) is 0 Å². The molecule has 0 radical (unpaired) electrons. The van der Waals surface area contributed by atoms with Gasteiger partial charge in [-0.2, -0.15) is 5.26 Å². The van der Waals surface area contributed by atoms with Crippen molar-refractivity contribution in [1.82, 2.24) is 15.1 Å². The van der Waals surface area contributed by atoms with Gasteiger partial charge in [0.25, 0.3) is 0 Å². The highest BCUT2D eigenvalue weighted by molar-refractivity contribution is 5.93. The quantitative estimate of drug-likeness (QED) is 0.388. The zero-order valence-electron chi connectivity index (χ0n) is 21.3. The lowest BCUT2D eigenvalue weighted by Crippen LogP contribution is -2.45. The molecule has 2 aliphatic rings. The normalized spacial score (nSPS) is 20.9. The molecule has 2 fully saturated rings. The van der Waals surface area contributed by atoms with Gasteiger partial charge in [0.2, 0.25) is 0 Å². The van der Waals surface area contributed by atoms with Crippen LogP contribution in [0.3, 0.4) is 0 Å². The molecule has 0 unspecified atom stereocenters. The van der Waals surface area contributed by atoms with E-state index in [2.05, 4.69) is 16.3 Å². The summed E-state index contributed by atoms with van der Waals surface area (Å²) in [5, 5.41) is 12.5. The number of benzene rings is 2. The number of imide groups is 1. The fourth-order valence-corrected chi connectivity index (χ4v) is 5.15. The predicted octanol–water partition coefficient (Wildman–Crippen LogP) is 4.41. The molecular weight excluding hydrogens is 520 g/mol. The van der Waals surface area contributed by atoms with E-state index in [0.717, 1.165) is 29.2 Å². The number of hydrogen-bond acceptors (Lipinski definition) is 6. The van der Waals surface area contributed by atoms with Gasteiger partial charge >= 0.3 is 12.1 Å². The molecule has 2 aliphatic heterocycles. The van der Waals surface area contributed by atoms with Crippen molar-refractivity contribution < 1.29 is 36.6 Å². The third-order valence-corrected chi connectivity index (χ3v) is 7.21. The summed E-state index contributed by atoms with van der Waals surface area (Å²) < 4.78 is 65.4. The van der Waals surface area contributed by atoms with Crippen molar-refractivity contribution in [3.8, 4) is 6.07 Å². The van der Waals surface area contributed by atoms with Crippen molar-refractivity contribution in [2.24, 2.45) is 0 Å². The number of carbonyl (C=O) groups excluding carboxylic acids is 2. The van der Waals surface area contributed by atoms with Gasteiger partial charge in [0.15, 0.2) is 17.7 Å². The number of cyclic esters (lactones) is 1. The number of piperidine rings is 1. The smallest absolute Gasteiger partial charge is 0.419 e. The van der Waals surface area contributed by atoms with Gasteiger partial charge in [-0.3, -0.25) is 0 Å². The Morgan fingerprint density at radius 3 is 2.51 bits per heavy atom. The minimum Gasteiger partial charge on any atom is -0.441 e. The molecule has 4 rings (SSSR count). The summed E-state index contributed by atoms with van der Waals surface area (Å²) in [5.74, 6) is -3.61. The van der Waals surface area contributed by atoms with Crippen molar-refractivity contribution in [2.75, 3.05) is 39.9 Å². The van der Waals surface area contributed by atoms with Gasteiger partial charge < -0.3 is 19.7 Å². The van der Waals surface area contributed by atoms with E-state index < -0.39 is 53.0 Å². The Bertz CT molecular complexity index is 1260. The Morgan fingerprint density at radius 1 is 1.13 bits per heavy atom. The summed E-state index contributed by atoms with van der Waals surface area (Å²) in [6.07, 6.45) is -0.584. The van der Waals surface area contributed by atoms with Crippen LogP contribution in [-0.4, -0.2) is 67.9 Å². The molecule has 1 N–H and O–H groups in total. The molecule has 0 aliphatic carbocycles. The summed E-state index contributed by atoms with van der Waals surface area (Å²) in [4.78, 5) is 28.3. The van der Waals surface area contributed by atoms with E-state index in [-0.39, 0.29) is 24.3 Å². The number of ether oxygens (including phenoxy) is 2. The fourth-order valence-electron chi connectivity index (χ4n) is 5.15. The molecule has 8 nitrogen and oxygen atoms in total. The van der Waals surface area contributed by atoms with E-state index in [4.69, 9.17) is 9.47 Å². The summed E-state index contributed by atoms with van der Waals surface area (Å²) >= 11 is 0. The monoisotopic (exact) mass is 548 g/mol. The number of methoxy groups -OCH3 is 1. The summed E-state index contributed by atoms with van der Waals surface area (Å²) in [6, 6.07) is 6.83. The standard InChI is InChI=1S/C27H28F4N4O4/c1-38-15-23-24(17-3-6-20(29)22(31)13-17)35(26(37)39-23)25(36)33-9-2-10-34-11-7-27(16-32,8-12-34)19-5-4-18(28)14-21(19)30/h3-6,13-14,23-24H,2,7-12,15H2,1H3,(H,33,36)/t23-,24-/m0/s1. The number of urea groups is 1. The lowest BCUT2D eigenvalue weighted by atomic mass is 9.73. The Labute approximate surface area is 223 Å². The fraction of sp³-hybridized carbons (Fsp3) is 0.444. The average molecular weight is 549 g/mol. The Morgan fingerprint density at radius 2 is 1.87 bits per heavy atom. The van der Waals surface area contributed by atoms with E-state index in [1.54, 1.807) is 0 Å². The van der Waals surface area contributed by atoms with Crippen molar-refractivity contribution >= 4 is 12.1 Å². The van der Waals surface area contributed by atoms with Gasteiger partial charge in [-0.05, 0) is 62.7 Å². The van der Waals surface area contributed by atoms with Gasteiger partial charge in [0, 0.05) is 25.3 Å². The van der Waals surface area contributed by atoms with Crippen LogP contribution in [0.15, 0.2) is 36.4 Å². The van der Waals surface area contributed by atoms with Gasteiger partial charge in [0.05, 0.1) is 18.1 Å². The van der Waals surface area contributed by atoms with Crippen LogP contribution in [0.1, 0.15) is 36.4 Å². The molecule has 2 aromatic rings. The second-order valence-electron chi connectivity index (χ2n) is 9.61. The lowest BCUT2D eigenvalue weighted by Gasteiger charge is -2.37. The SMILES string of the molecule is COC[C@@H]1OC(=O)N(C(=O)NCCCN2CCC(C#N)(c3ccc(F)cc3F)CC2)[C@H]1c1ccc(F)c(F)c1. The lowest BCUT2D eigenvalue weighted by molar-refractivity contribution is 0.0584. The molecule has 2 atom stereocenters. The first-order valence-electron chi connectivity index (χ1n) is 12.5. The maximum Gasteiger partial charge on any atom is 0.419 e. The summed E-state index contributed by atoms with van der Waals surface area (Å²) in [7, 11) is 1.39. The zero-order chi connectivity index (χ0) is 28.2. The van der Waals surface area contributed by atoms with Crippen molar-refractivity contribution in [3.05, 3.63) is 70.8 Å². The molecule has 3 amide bonds. The Kier molecular flexibility index (Phi) is 8.72. The van der Waals surface area contributed by atoms with Gasteiger partial charge in [-0.25, -0.2) is 32.1 Å². The largest absolute Gasteiger partial charge is 0.441 e. The van der Waals surface area contributed by atoms with Gasteiger partial charge in [0.1, 0.15) is 17.7 Å². The van der Waals surface area contributed by atoms with Crippen LogP contribution in [0.25, 0.3) is 0 Å². The number of hydrogen-bond donors (Lipinski definition) is 1. The first kappa shape index (κ1) is 28.3. The topological polar surface area (TPSA) is 94.9 Å². The molecule has 208 valence electrons. The molecule has 2 aromatic carbocycles. The molecule has 0 saturated carbocycles. The second kappa shape index (κ2) is 12.0. The van der Waals surface area contributed by atoms with Crippen LogP contribution in [0.4, 0.5) is 27.2 Å². The van der Waals surface area contributed by atoms with Gasteiger partial charge in [-0.1, -0.05) is 12.1 Å². The van der Waals surface area contributed by atoms with E-state index in [1.165, 1.54) is 19.2 Å². The van der Waals surface area contributed by atoms with E-state index in [1.807, 2.05) is 0 Å². The van der Waals surface area contributed by atoms with Crippen LogP contribution in [0, 0.1) is 34.6 Å². The highest BCUT2D eigenvalue weighted by Crippen LogP contribution is 2.37. The van der Waals surface area contributed by atoms with Crippen LogP contribution < -0.4 is 5.32 Å². The maximum atomic E-state index is 14.4. The zero-order valence-corrected chi connectivity index (χ0v) is 21.3. The number of nitriles is 1. The average Bonchev–Trinajstić information content (AvgIpc) is 3.24. The first-order chi connectivity index (χ1) is 18.7. The second-order valence-corrected chi connectivity index (χ2v) is 9.61. The summed E-state index contributed by atoms with van der Waals surface area (Å²) in [6.45, 7) is 1.73. The molecule has 39 heavy (non-hydrogen) atoms. The number of nitrogens with zero attached hydrogens (tertiary/aromatic N) is 3. The molecular formula is C27H28F4N4O4. The summed E-state index contributed by atoms with van der Waals surface area (Å²) in [5.41, 5.74) is -0.659. The predicted molar refractivity (Wildman–Crippen MR) is 130 cm³/mol. The highest BCUT2D eigenvalue weighted by Gasteiger charge is 2.46. The minimum absolute atomic E-state index is 0.0554. The number of nitrogens with one attached hydrogen (secondary N) is 1. The first-order valence-corrected chi connectivity index (χ1v) is 12.5. The molecule has 0 aromatic heterocycles. The van der Waals surface area contributed by atoms with E-state index >= 15 is 0 Å². The van der Waals surface area contributed by atoms with Crippen LogP contribution in [0.5, 0.6) is 0 Å². The van der Waals surface area contributed by atoms with Gasteiger partial charge in [-0.15, -0.1) is 0 Å².